The summed E-state index contributed by atoms with van der Waals surface area (Å²) in [6.07, 6.45) is 2.25. The zero-order valence-corrected chi connectivity index (χ0v) is 18.3. The van der Waals surface area contributed by atoms with Gasteiger partial charge in [-0.25, -0.2) is 0 Å². The fourth-order valence-electron chi connectivity index (χ4n) is 5.19. The molecule has 8 heteroatoms. The standard InChI is InChI=1S/C25H26N4O4/c26-18-5-1-3-16(13-18)15-9-11-28(12-10-15)14-17-4-2-6-19-22(17)25(33)29(24(19)32)20-7-8-21(30)27-23(20)31/h1-6,13,15,20H,7-12,14,26H2,(H,27,30,31). The van der Waals surface area contributed by atoms with Crippen molar-refractivity contribution in [2.24, 2.45) is 0 Å². The Morgan fingerprint density at radius 3 is 2.42 bits per heavy atom. The molecule has 3 aliphatic heterocycles. The van der Waals surface area contributed by atoms with E-state index < -0.39 is 23.8 Å². The number of imide groups is 2. The quantitative estimate of drug-likeness (QED) is 0.549. The molecule has 3 aliphatic rings. The van der Waals surface area contributed by atoms with Crippen LogP contribution in [0.4, 0.5) is 5.69 Å². The van der Waals surface area contributed by atoms with Crippen LogP contribution >= 0.6 is 0 Å². The maximum absolute atomic E-state index is 13.3. The minimum absolute atomic E-state index is 0.110. The number of nitrogens with two attached hydrogens (primary N) is 1. The van der Waals surface area contributed by atoms with Gasteiger partial charge in [0.2, 0.25) is 11.8 Å². The van der Waals surface area contributed by atoms with Crippen molar-refractivity contribution in [1.82, 2.24) is 15.1 Å². The van der Waals surface area contributed by atoms with E-state index in [2.05, 4.69) is 16.3 Å². The van der Waals surface area contributed by atoms with Crippen LogP contribution in [-0.4, -0.2) is 52.6 Å². The zero-order valence-electron chi connectivity index (χ0n) is 18.3. The number of carbonyl (C=O) groups excluding carboxylic acids is 4. The number of carbonyl (C=O) groups is 4. The molecule has 5 rings (SSSR count). The van der Waals surface area contributed by atoms with Gasteiger partial charge >= 0.3 is 0 Å². The number of nitrogens with zero attached hydrogens (tertiary/aromatic N) is 2. The molecule has 170 valence electrons. The first-order valence-corrected chi connectivity index (χ1v) is 11.3. The molecule has 1 atom stereocenters. The normalized spacial score (nSPS) is 21.9. The number of likely N-dealkylation sites (tertiary alicyclic amines) is 1. The second-order valence-electron chi connectivity index (χ2n) is 9.01. The van der Waals surface area contributed by atoms with Gasteiger partial charge in [-0.15, -0.1) is 0 Å². The molecule has 0 saturated carbocycles. The van der Waals surface area contributed by atoms with Gasteiger partial charge in [-0.05, 0) is 67.6 Å². The number of anilines is 1. The Bertz CT molecular complexity index is 1150. The van der Waals surface area contributed by atoms with Gasteiger partial charge < -0.3 is 5.73 Å². The van der Waals surface area contributed by atoms with Gasteiger partial charge in [0.15, 0.2) is 0 Å². The molecule has 3 N–H and O–H groups in total. The predicted molar refractivity (Wildman–Crippen MR) is 121 cm³/mol. The second kappa shape index (κ2) is 8.44. The molecular weight excluding hydrogens is 420 g/mol. The fourth-order valence-corrected chi connectivity index (χ4v) is 5.19. The highest BCUT2D eigenvalue weighted by Crippen LogP contribution is 2.33. The molecule has 0 spiro atoms. The van der Waals surface area contributed by atoms with E-state index in [-0.39, 0.29) is 18.7 Å². The van der Waals surface area contributed by atoms with Crippen LogP contribution < -0.4 is 11.1 Å². The SMILES string of the molecule is Nc1cccc(C2CCN(Cc3cccc4c3C(=O)N(C3CCC(=O)NC3=O)C4=O)CC2)c1. The van der Waals surface area contributed by atoms with E-state index in [0.717, 1.165) is 42.1 Å². The van der Waals surface area contributed by atoms with Crippen LogP contribution in [0.2, 0.25) is 0 Å². The summed E-state index contributed by atoms with van der Waals surface area (Å²) >= 11 is 0. The molecule has 0 aliphatic carbocycles. The van der Waals surface area contributed by atoms with Gasteiger partial charge in [-0.2, -0.15) is 0 Å². The number of piperidine rings is 2. The van der Waals surface area contributed by atoms with E-state index in [1.807, 2.05) is 24.3 Å². The first-order valence-electron chi connectivity index (χ1n) is 11.3. The summed E-state index contributed by atoms with van der Waals surface area (Å²) in [7, 11) is 0. The Morgan fingerprint density at radius 2 is 1.70 bits per heavy atom. The largest absolute Gasteiger partial charge is 0.399 e. The first-order chi connectivity index (χ1) is 15.9. The first kappa shape index (κ1) is 21.3. The summed E-state index contributed by atoms with van der Waals surface area (Å²) in [5.74, 6) is -1.43. The minimum atomic E-state index is -0.947. The van der Waals surface area contributed by atoms with Crippen molar-refractivity contribution in [3.63, 3.8) is 0 Å². The van der Waals surface area contributed by atoms with Gasteiger partial charge in [0.1, 0.15) is 6.04 Å². The Morgan fingerprint density at radius 1 is 0.939 bits per heavy atom. The van der Waals surface area contributed by atoms with Crippen LogP contribution in [-0.2, 0) is 16.1 Å². The molecule has 0 radical (unpaired) electrons. The van der Waals surface area contributed by atoms with Crippen LogP contribution in [0.1, 0.15) is 63.4 Å². The van der Waals surface area contributed by atoms with Crippen LogP contribution in [0.15, 0.2) is 42.5 Å². The second-order valence-corrected chi connectivity index (χ2v) is 9.01. The molecular formula is C25H26N4O4. The van der Waals surface area contributed by atoms with Gasteiger partial charge in [0, 0.05) is 18.7 Å². The molecule has 0 aromatic heterocycles. The topological polar surface area (TPSA) is 113 Å². The third kappa shape index (κ3) is 3.91. The Hall–Kier alpha value is -3.52. The van der Waals surface area contributed by atoms with Crippen LogP contribution in [0, 0.1) is 0 Å². The lowest BCUT2D eigenvalue weighted by Gasteiger charge is -2.32. The lowest BCUT2D eigenvalue weighted by molar-refractivity contribution is -0.136. The maximum atomic E-state index is 13.3. The van der Waals surface area contributed by atoms with E-state index in [1.54, 1.807) is 12.1 Å². The van der Waals surface area contributed by atoms with Crippen LogP contribution in [0.5, 0.6) is 0 Å². The molecule has 2 saturated heterocycles. The van der Waals surface area contributed by atoms with Gasteiger partial charge in [0.05, 0.1) is 11.1 Å². The smallest absolute Gasteiger partial charge is 0.262 e. The van der Waals surface area contributed by atoms with E-state index in [9.17, 15) is 19.2 Å². The van der Waals surface area contributed by atoms with Crippen molar-refractivity contribution >= 4 is 29.3 Å². The van der Waals surface area contributed by atoms with Crippen molar-refractivity contribution in [3.05, 3.63) is 64.7 Å². The molecule has 2 fully saturated rings. The van der Waals surface area contributed by atoms with Gasteiger partial charge in [-0.3, -0.25) is 34.3 Å². The number of nitrogens with one attached hydrogen (secondary N) is 1. The number of fused-ring (bicyclic) bond motifs is 1. The summed E-state index contributed by atoms with van der Waals surface area (Å²) in [6.45, 7) is 2.32. The molecule has 0 bridgehead atoms. The number of benzene rings is 2. The highest BCUT2D eigenvalue weighted by molar-refractivity contribution is 6.24. The molecule has 2 aromatic carbocycles. The third-order valence-electron chi connectivity index (χ3n) is 6.92. The lowest BCUT2D eigenvalue weighted by atomic mass is 9.89. The van der Waals surface area contributed by atoms with E-state index in [4.69, 9.17) is 5.73 Å². The molecule has 2 aromatic rings. The number of hydrogen-bond donors (Lipinski definition) is 2. The van der Waals surface area contributed by atoms with Crippen molar-refractivity contribution in [1.29, 1.82) is 0 Å². The van der Waals surface area contributed by atoms with Crippen molar-refractivity contribution in [2.45, 2.75) is 44.2 Å². The molecule has 8 nitrogen and oxygen atoms in total. The predicted octanol–water partition coefficient (Wildman–Crippen LogP) is 2.05. The third-order valence-corrected chi connectivity index (χ3v) is 6.92. The van der Waals surface area contributed by atoms with E-state index in [1.165, 1.54) is 5.56 Å². The Kier molecular flexibility index (Phi) is 5.46. The monoisotopic (exact) mass is 446 g/mol. The number of nitrogen functional groups attached to an aromatic ring is 1. The number of amides is 4. The highest BCUT2D eigenvalue weighted by atomic mass is 16.2. The number of rotatable bonds is 4. The fraction of sp³-hybridized carbons (Fsp3) is 0.360. The minimum Gasteiger partial charge on any atom is -0.399 e. The van der Waals surface area contributed by atoms with Crippen molar-refractivity contribution in [3.8, 4) is 0 Å². The van der Waals surface area contributed by atoms with Crippen molar-refractivity contribution in [2.75, 3.05) is 18.8 Å². The number of hydrogen-bond acceptors (Lipinski definition) is 6. The molecule has 1 unspecified atom stereocenters. The van der Waals surface area contributed by atoms with Crippen LogP contribution in [0.3, 0.4) is 0 Å². The lowest BCUT2D eigenvalue weighted by Crippen LogP contribution is -2.54. The summed E-state index contributed by atoms with van der Waals surface area (Å²) in [5.41, 5.74) is 9.48. The van der Waals surface area contributed by atoms with Gasteiger partial charge in [-0.1, -0.05) is 24.3 Å². The Balaban J connectivity index is 1.31. The zero-order chi connectivity index (χ0) is 23.1. The van der Waals surface area contributed by atoms with Crippen LogP contribution in [0.25, 0.3) is 0 Å². The van der Waals surface area contributed by atoms with Crippen molar-refractivity contribution < 1.29 is 19.2 Å². The summed E-state index contributed by atoms with van der Waals surface area (Å²) in [4.78, 5) is 53.4. The maximum Gasteiger partial charge on any atom is 0.262 e. The summed E-state index contributed by atoms with van der Waals surface area (Å²) < 4.78 is 0. The summed E-state index contributed by atoms with van der Waals surface area (Å²) in [5, 5.41) is 2.24. The average Bonchev–Trinajstić information content (AvgIpc) is 3.05. The average molecular weight is 447 g/mol. The summed E-state index contributed by atoms with van der Waals surface area (Å²) in [6, 6.07) is 12.4. The Labute approximate surface area is 191 Å². The molecule has 33 heavy (non-hydrogen) atoms. The van der Waals surface area contributed by atoms with Gasteiger partial charge in [0.25, 0.3) is 11.8 Å². The molecule has 4 amide bonds. The van der Waals surface area contributed by atoms with E-state index >= 15 is 0 Å². The highest BCUT2D eigenvalue weighted by Gasteiger charge is 2.45. The van der Waals surface area contributed by atoms with E-state index in [0.29, 0.717) is 23.6 Å². The molecule has 3 heterocycles.